The van der Waals surface area contributed by atoms with E-state index in [1.54, 1.807) is 43.1 Å². The van der Waals surface area contributed by atoms with E-state index in [4.69, 9.17) is 16.3 Å². The summed E-state index contributed by atoms with van der Waals surface area (Å²) in [5.74, 6) is -1.05. The van der Waals surface area contributed by atoms with Crippen LogP contribution in [0.5, 0.6) is 0 Å². The summed E-state index contributed by atoms with van der Waals surface area (Å²) in [7, 11) is 1.62. The molecule has 1 fully saturated rings. The highest BCUT2D eigenvalue weighted by Crippen LogP contribution is 2.32. The minimum absolute atomic E-state index is 0.156. The maximum absolute atomic E-state index is 13.2. The molecule has 2 aliphatic heterocycles. The van der Waals surface area contributed by atoms with Gasteiger partial charge in [-0.15, -0.1) is 0 Å². The average molecular weight is 515 g/mol. The third-order valence-corrected chi connectivity index (χ3v) is 6.61. The van der Waals surface area contributed by atoms with Crippen molar-refractivity contribution in [3.8, 4) is 0 Å². The quantitative estimate of drug-likeness (QED) is 0.597. The molecule has 1 atom stereocenters. The van der Waals surface area contributed by atoms with Gasteiger partial charge in [0.15, 0.2) is 0 Å². The van der Waals surface area contributed by atoms with Crippen LogP contribution in [0.3, 0.4) is 0 Å². The van der Waals surface area contributed by atoms with Crippen LogP contribution < -0.4 is 5.32 Å². The Balaban J connectivity index is 1.56. The zero-order valence-corrected chi connectivity index (χ0v) is 20.9. The smallest absolute Gasteiger partial charge is 0.338 e. The van der Waals surface area contributed by atoms with Gasteiger partial charge in [0.05, 0.1) is 18.2 Å². The third-order valence-electron chi connectivity index (χ3n) is 6.38. The number of ether oxygens (including phenoxy) is 1. The van der Waals surface area contributed by atoms with Crippen molar-refractivity contribution in [2.45, 2.75) is 13.0 Å². The third kappa shape index (κ3) is 5.52. The molecule has 0 saturated carbocycles. The van der Waals surface area contributed by atoms with Gasteiger partial charge in [-0.2, -0.15) is 0 Å². The molecule has 0 spiro atoms. The molecule has 3 amide bonds. The summed E-state index contributed by atoms with van der Waals surface area (Å²) in [6, 6.07) is 11.5. The van der Waals surface area contributed by atoms with E-state index in [9.17, 15) is 18.8 Å². The molecule has 1 N–H and O–H groups in total. The molecule has 0 radical (unpaired) electrons. The minimum atomic E-state index is -0.706. The monoisotopic (exact) mass is 514 g/mol. The van der Waals surface area contributed by atoms with Crippen molar-refractivity contribution in [1.29, 1.82) is 0 Å². The highest BCUT2D eigenvalue weighted by Gasteiger charge is 2.38. The highest BCUT2D eigenvalue weighted by molar-refractivity contribution is 6.30. The van der Waals surface area contributed by atoms with Crippen LogP contribution in [0, 0.1) is 5.82 Å². The summed E-state index contributed by atoms with van der Waals surface area (Å²) in [6.07, 6.45) is 0. The molecule has 2 aliphatic rings. The van der Waals surface area contributed by atoms with Crippen LogP contribution >= 0.6 is 11.6 Å². The van der Waals surface area contributed by atoms with Gasteiger partial charge in [-0.05, 0) is 48.9 Å². The fourth-order valence-electron chi connectivity index (χ4n) is 4.43. The number of hydrogen-bond donors (Lipinski definition) is 1. The van der Waals surface area contributed by atoms with E-state index >= 15 is 0 Å². The number of carbonyl (C=O) groups is 3. The summed E-state index contributed by atoms with van der Waals surface area (Å²) >= 11 is 6.19. The largest absolute Gasteiger partial charge is 0.463 e. The number of benzene rings is 2. The van der Waals surface area contributed by atoms with Gasteiger partial charge in [0.25, 0.3) is 5.91 Å². The first-order chi connectivity index (χ1) is 17.3. The second-order valence-electron chi connectivity index (χ2n) is 8.65. The van der Waals surface area contributed by atoms with Crippen molar-refractivity contribution in [2.75, 3.05) is 46.4 Å². The molecule has 0 bridgehead atoms. The lowest BCUT2D eigenvalue weighted by Crippen LogP contribution is -2.53. The van der Waals surface area contributed by atoms with Gasteiger partial charge in [0, 0.05) is 56.1 Å². The number of rotatable bonds is 6. The summed E-state index contributed by atoms with van der Waals surface area (Å²) < 4.78 is 18.6. The van der Waals surface area contributed by atoms with Crippen molar-refractivity contribution in [3.63, 3.8) is 0 Å². The molecule has 2 heterocycles. The van der Waals surface area contributed by atoms with Gasteiger partial charge in [0.1, 0.15) is 5.82 Å². The number of amides is 3. The normalized spacial score (nSPS) is 18.8. The van der Waals surface area contributed by atoms with Gasteiger partial charge < -0.3 is 15.0 Å². The van der Waals surface area contributed by atoms with Gasteiger partial charge in [-0.25, -0.2) is 14.0 Å². The molecule has 1 unspecified atom stereocenters. The van der Waals surface area contributed by atoms with E-state index in [0.717, 1.165) is 0 Å². The summed E-state index contributed by atoms with van der Waals surface area (Å²) in [6.45, 7) is 4.27. The number of carbonyl (C=O) groups excluding carboxylic acids is 3. The van der Waals surface area contributed by atoms with E-state index in [1.807, 2.05) is 0 Å². The fraction of sp³-hybridized carbons (Fsp3) is 0.346. The highest BCUT2D eigenvalue weighted by atomic mass is 35.5. The van der Waals surface area contributed by atoms with E-state index < -0.39 is 17.8 Å². The lowest BCUT2D eigenvalue weighted by molar-refractivity contribution is -0.139. The van der Waals surface area contributed by atoms with E-state index in [2.05, 4.69) is 10.2 Å². The predicted molar refractivity (Wildman–Crippen MR) is 133 cm³/mol. The number of halogens is 2. The molecular weight excluding hydrogens is 487 g/mol. The number of esters is 1. The van der Waals surface area contributed by atoms with E-state index in [1.165, 1.54) is 29.2 Å². The minimum Gasteiger partial charge on any atom is -0.463 e. The van der Waals surface area contributed by atoms with Crippen LogP contribution in [-0.2, 0) is 9.53 Å². The molecule has 36 heavy (non-hydrogen) atoms. The zero-order valence-electron chi connectivity index (χ0n) is 20.2. The Hall–Kier alpha value is -3.43. The molecule has 4 rings (SSSR count). The Kier molecular flexibility index (Phi) is 7.91. The lowest BCUT2D eigenvalue weighted by atomic mass is 9.94. The molecular formula is C26H28ClFN4O4. The Morgan fingerprint density at radius 1 is 1.11 bits per heavy atom. The number of likely N-dealkylation sites (N-methyl/N-ethyl adjacent to an activating group) is 1. The van der Waals surface area contributed by atoms with Crippen molar-refractivity contribution in [3.05, 3.63) is 81.8 Å². The van der Waals surface area contributed by atoms with Crippen LogP contribution in [0.2, 0.25) is 5.02 Å². The second-order valence-corrected chi connectivity index (χ2v) is 9.09. The average Bonchev–Trinajstić information content (AvgIpc) is 2.87. The Bertz CT molecular complexity index is 1180. The van der Waals surface area contributed by atoms with Crippen LogP contribution in [0.1, 0.15) is 28.9 Å². The maximum atomic E-state index is 13.2. The van der Waals surface area contributed by atoms with Crippen molar-refractivity contribution in [1.82, 2.24) is 20.0 Å². The number of piperazine rings is 1. The molecule has 10 heteroatoms. The number of nitrogens with zero attached hydrogens (tertiary/aromatic N) is 3. The molecule has 2 aromatic rings. The first-order valence-electron chi connectivity index (χ1n) is 11.8. The van der Waals surface area contributed by atoms with Crippen molar-refractivity contribution >= 4 is 29.5 Å². The van der Waals surface area contributed by atoms with Crippen LogP contribution in [0.4, 0.5) is 9.18 Å². The molecule has 1 saturated heterocycles. The predicted octanol–water partition coefficient (Wildman–Crippen LogP) is 3.45. The van der Waals surface area contributed by atoms with Crippen LogP contribution in [0.15, 0.2) is 59.8 Å². The van der Waals surface area contributed by atoms with Crippen molar-refractivity contribution < 1.29 is 23.5 Å². The van der Waals surface area contributed by atoms with E-state index in [0.29, 0.717) is 60.1 Å². The maximum Gasteiger partial charge on any atom is 0.338 e. The molecule has 0 aliphatic carbocycles. The standard InChI is InChI=1S/C26H28ClFN4O4/c1-3-36-25(34)22-21(30(2)26(35)29-23(22)18-5-4-6-19(27)15-18)16-31-11-13-32(14-12-31)24(33)17-7-9-20(28)10-8-17/h4-10,15,23H,3,11-14,16H2,1-2H3,(H,29,35). The molecule has 8 nitrogen and oxygen atoms in total. The summed E-state index contributed by atoms with van der Waals surface area (Å²) in [5.41, 5.74) is 2.01. The van der Waals surface area contributed by atoms with E-state index in [-0.39, 0.29) is 18.5 Å². The lowest BCUT2D eigenvalue weighted by Gasteiger charge is -2.39. The zero-order chi connectivity index (χ0) is 25.8. The second kappa shape index (κ2) is 11.1. The Labute approximate surface area is 214 Å². The van der Waals surface area contributed by atoms with Gasteiger partial charge in [-0.1, -0.05) is 23.7 Å². The van der Waals surface area contributed by atoms with Gasteiger partial charge in [-0.3, -0.25) is 14.6 Å². The number of nitrogens with one attached hydrogen (secondary N) is 1. The summed E-state index contributed by atoms with van der Waals surface area (Å²) in [4.78, 5) is 44.0. The Morgan fingerprint density at radius 2 is 1.81 bits per heavy atom. The van der Waals surface area contributed by atoms with Crippen LogP contribution in [-0.4, -0.2) is 79.0 Å². The fourth-order valence-corrected chi connectivity index (χ4v) is 4.63. The number of urea groups is 1. The molecule has 2 aromatic carbocycles. The molecule has 0 aromatic heterocycles. The van der Waals surface area contributed by atoms with Crippen LogP contribution in [0.25, 0.3) is 0 Å². The van der Waals surface area contributed by atoms with Gasteiger partial charge >= 0.3 is 12.0 Å². The first kappa shape index (κ1) is 25.7. The first-order valence-corrected chi connectivity index (χ1v) is 12.1. The topological polar surface area (TPSA) is 82.2 Å². The molecule has 190 valence electrons. The van der Waals surface area contributed by atoms with Crippen molar-refractivity contribution in [2.24, 2.45) is 0 Å². The summed E-state index contributed by atoms with van der Waals surface area (Å²) in [5, 5.41) is 3.37. The SMILES string of the molecule is CCOC(=O)C1=C(CN2CCN(C(=O)c3ccc(F)cc3)CC2)N(C)C(=O)NC1c1cccc(Cl)c1. The van der Waals surface area contributed by atoms with Gasteiger partial charge in [0.2, 0.25) is 0 Å². The number of hydrogen-bond acceptors (Lipinski definition) is 5. The Morgan fingerprint density at radius 3 is 2.44 bits per heavy atom.